The number of nitrogens with zero attached hydrogens (tertiary/aromatic N) is 1. The summed E-state index contributed by atoms with van der Waals surface area (Å²) in [6.07, 6.45) is 0.691. The molecule has 2 aromatic rings. The van der Waals surface area contributed by atoms with Crippen molar-refractivity contribution in [2.75, 3.05) is 5.73 Å². The number of anilines is 1. The second-order valence-electron chi connectivity index (χ2n) is 4.56. The molecule has 0 unspecified atom stereocenters. The summed E-state index contributed by atoms with van der Waals surface area (Å²) in [7, 11) is 0. The first kappa shape index (κ1) is 11.8. The van der Waals surface area contributed by atoms with Crippen LogP contribution in [0.2, 0.25) is 0 Å². The Labute approximate surface area is 98.5 Å². The molecule has 0 atom stereocenters. The molecule has 0 aliphatic carbocycles. The lowest BCUT2D eigenvalue weighted by molar-refractivity contribution is 0.515. The lowest BCUT2D eigenvalue weighted by atomic mass is 10.1. The van der Waals surface area contributed by atoms with Crippen LogP contribution in [0, 0.1) is 17.6 Å². The van der Waals surface area contributed by atoms with E-state index in [0.717, 1.165) is 6.07 Å². The molecule has 0 aliphatic rings. The van der Waals surface area contributed by atoms with E-state index < -0.39 is 11.6 Å². The van der Waals surface area contributed by atoms with Gasteiger partial charge >= 0.3 is 0 Å². The topological polar surface area (TPSA) is 38.9 Å². The van der Waals surface area contributed by atoms with Crippen LogP contribution in [0.15, 0.2) is 18.2 Å². The number of nitrogen functional groups attached to an aromatic ring is 1. The van der Waals surface area contributed by atoms with E-state index in [1.807, 2.05) is 13.8 Å². The Morgan fingerprint density at radius 1 is 1.29 bits per heavy atom. The summed E-state index contributed by atoms with van der Waals surface area (Å²) in [5.74, 6) is -1.44. The highest BCUT2D eigenvalue weighted by Gasteiger charge is 2.12. The predicted octanol–water partition coefficient (Wildman–Crippen LogP) is 3.29. The van der Waals surface area contributed by atoms with Crippen molar-refractivity contribution in [3.05, 3.63) is 35.5 Å². The van der Waals surface area contributed by atoms with Crippen LogP contribution in [0.25, 0.3) is 10.9 Å². The molecule has 0 bridgehead atoms. The maximum Gasteiger partial charge on any atom is 0.185 e. The number of pyridine rings is 1. The Balaban J connectivity index is 2.66. The van der Waals surface area contributed by atoms with Crippen molar-refractivity contribution in [2.24, 2.45) is 5.92 Å². The molecule has 1 aromatic heterocycles. The number of aromatic nitrogens is 1. The first-order chi connectivity index (χ1) is 7.99. The van der Waals surface area contributed by atoms with E-state index in [2.05, 4.69) is 4.98 Å². The molecule has 0 aliphatic heterocycles. The third-order valence-electron chi connectivity index (χ3n) is 2.57. The molecule has 0 radical (unpaired) electrons. The van der Waals surface area contributed by atoms with E-state index in [0.29, 0.717) is 29.1 Å². The molecular weight excluding hydrogens is 222 g/mol. The monoisotopic (exact) mass is 236 g/mol. The van der Waals surface area contributed by atoms with Crippen LogP contribution >= 0.6 is 0 Å². The molecular formula is C13H14F2N2. The van der Waals surface area contributed by atoms with E-state index in [-0.39, 0.29) is 5.52 Å². The van der Waals surface area contributed by atoms with Gasteiger partial charge in [-0.2, -0.15) is 0 Å². The number of nitrogens with two attached hydrogens (primary N) is 1. The molecule has 4 heteroatoms. The summed E-state index contributed by atoms with van der Waals surface area (Å²) in [5.41, 5.74) is 6.96. The molecule has 0 fully saturated rings. The van der Waals surface area contributed by atoms with Crippen molar-refractivity contribution in [3.63, 3.8) is 0 Å². The van der Waals surface area contributed by atoms with Crippen LogP contribution in [-0.2, 0) is 6.42 Å². The first-order valence-corrected chi connectivity index (χ1v) is 5.52. The summed E-state index contributed by atoms with van der Waals surface area (Å²) in [5, 5.41) is 0.455. The van der Waals surface area contributed by atoms with Gasteiger partial charge in [0.15, 0.2) is 11.6 Å². The summed E-state index contributed by atoms with van der Waals surface area (Å²) in [6, 6.07) is 4.24. The van der Waals surface area contributed by atoms with Crippen LogP contribution in [0.5, 0.6) is 0 Å². The van der Waals surface area contributed by atoms with Gasteiger partial charge in [-0.15, -0.1) is 0 Å². The van der Waals surface area contributed by atoms with E-state index >= 15 is 0 Å². The normalized spacial score (nSPS) is 11.4. The lowest BCUT2D eigenvalue weighted by Crippen LogP contribution is -2.02. The van der Waals surface area contributed by atoms with Gasteiger partial charge in [-0.25, -0.2) is 13.8 Å². The summed E-state index contributed by atoms with van der Waals surface area (Å²) in [4.78, 5) is 4.14. The molecule has 0 amide bonds. The smallest absolute Gasteiger partial charge is 0.185 e. The largest absolute Gasteiger partial charge is 0.398 e. The number of halogens is 2. The third kappa shape index (κ3) is 2.20. The lowest BCUT2D eigenvalue weighted by Gasteiger charge is -2.09. The van der Waals surface area contributed by atoms with Gasteiger partial charge in [0.2, 0.25) is 0 Å². The molecule has 0 saturated carbocycles. The predicted molar refractivity (Wildman–Crippen MR) is 64.6 cm³/mol. The molecule has 90 valence electrons. The maximum atomic E-state index is 13.6. The number of benzene rings is 1. The number of fused-ring (bicyclic) bond motifs is 1. The van der Waals surface area contributed by atoms with Crippen molar-refractivity contribution < 1.29 is 8.78 Å². The van der Waals surface area contributed by atoms with Gasteiger partial charge in [0, 0.05) is 16.8 Å². The number of rotatable bonds is 2. The Bertz CT molecular complexity index is 565. The van der Waals surface area contributed by atoms with Gasteiger partial charge in [0.05, 0.1) is 0 Å². The van der Waals surface area contributed by atoms with Crippen molar-refractivity contribution >= 4 is 16.6 Å². The Hall–Kier alpha value is -1.71. The average molecular weight is 236 g/mol. The standard InChI is InChI=1S/C13H14F2N2/c1-7(2)5-8-6-11(16)9-3-4-10(14)12(15)13(9)17-8/h3-4,6-7H,5H2,1-2H3,(H2,16,17). The van der Waals surface area contributed by atoms with Gasteiger partial charge in [-0.05, 0) is 30.5 Å². The maximum absolute atomic E-state index is 13.6. The zero-order chi connectivity index (χ0) is 12.6. The van der Waals surface area contributed by atoms with E-state index in [4.69, 9.17) is 5.73 Å². The molecule has 0 saturated heterocycles. The summed E-state index contributed by atoms with van der Waals surface area (Å²) >= 11 is 0. The quantitative estimate of drug-likeness (QED) is 0.868. The Kier molecular flexibility index (Phi) is 2.96. The zero-order valence-electron chi connectivity index (χ0n) is 9.80. The van der Waals surface area contributed by atoms with Gasteiger partial charge in [0.1, 0.15) is 5.52 Å². The highest BCUT2D eigenvalue weighted by atomic mass is 19.2. The molecule has 17 heavy (non-hydrogen) atoms. The number of hydrogen-bond donors (Lipinski definition) is 1. The molecule has 0 spiro atoms. The highest BCUT2D eigenvalue weighted by Crippen LogP contribution is 2.25. The van der Waals surface area contributed by atoms with Crippen LogP contribution in [-0.4, -0.2) is 4.98 Å². The van der Waals surface area contributed by atoms with Gasteiger partial charge in [-0.3, -0.25) is 0 Å². The van der Waals surface area contributed by atoms with Crippen molar-refractivity contribution in [1.29, 1.82) is 0 Å². The minimum Gasteiger partial charge on any atom is -0.398 e. The first-order valence-electron chi connectivity index (χ1n) is 5.52. The average Bonchev–Trinajstić information content (AvgIpc) is 2.23. The van der Waals surface area contributed by atoms with Crippen LogP contribution in [0.4, 0.5) is 14.5 Å². The van der Waals surface area contributed by atoms with Crippen LogP contribution in [0.3, 0.4) is 0 Å². The molecule has 1 heterocycles. The second-order valence-corrected chi connectivity index (χ2v) is 4.56. The molecule has 2 rings (SSSR count). The van der Waals surface area contributed by atoms with Crippen molar-refractivity contribution in [2.45, 2.75) is 20.3 Å². The fourth-order valence-corrected chi connectivity index (χ4v) is 1.84. The zero-order valence-corrected chi connectivity index (χ0v) is 9.80. The fourth-order valence-electron chi connectivity index (χ4n) is 1.84. The van der Waals surface area contributed by atoms with E-state index in [1.165, 1.54) is 6.07 Å². The van der Waals surface area contributed by atoms with Crippen LogP contribution in [0.1, 0.15) is 19.5 Å². The third-order valence-corrected chi connectivity index (χ3v) is 2.57. The summed E-state index contributed by atoms with van der Waals surface area (Å²) < 4.78 is 26.7. The van der Waals surface area contributed by atoms with Gasteiger partial charge in [0.25, 0.3) is 0 Å². The van der Waals surface area contributed by atoms with Crippen molar-refractivity contribution in [1.82, 2.24) is 4.98 Å². The van der Waals surface area contributed by atoms with E-state index in [9.17, 15) is 8.78 Å². The fraction of sp³-hybridized carbons (Fsp3) is 0.308. The Morgan fingerprint density at radius 3 is 2.65 bits per heavy atom. The van der Waals surface area contributed by atoms with Crippen LogP contribution < -0.4 is 5.73 Å². The molecule has 2 nitrogen and oxygen atoms in total. The highest BCUT2D eigenvalue weighted by molar-refractivity contribution is 5.90. The Morgan fingerprint density at radius 2 is 2.00 bits per heavy atom. The van der Waals surface area contributed by atoms with E-state index in [1.54, 1.807) is 6.07 Å². The summed E-state index contributed by atoms with van der Waals surface area (Å²) in [6.45, 7) is 4.06. The van der Waals surface area contributed by atoms with Crippen molar-refractivity contribution in [3.8, 4) is 0 Å². The second kappa shape index (κ2) is 4.28. The minimum absolute atomic E-state index is 0.0145. The van der Waals surface area contributed by atoms with Gasteiger partial charge < -0.3 is 5.73 Å². The van der Waals surface area contributed by atoms with Gasteiger partial charge in [-0.1, -0.05) is 13.8 Å². The molecule has 2 N–H and O–H groups in total. The molecule has 1 aromatic carbocycles. The number of hydrogen-bond acceptors (Lipinski definition) is 2. The minimum atomic E-state index is -0.931. The SMILES string of the molecule is CC(C)Cc1cc(N)c2ccc(F)c(F)c2n1.